The fourth-order valence-electron chi connectivity index (χ4n) is 4.14. The van der Waals surface area contributed by atoms with Gasteiger partial charge in [-0.1, -0.05) is 85.3 Å². The Labute approximate surface area is 168 Å². The molecule has 0 aliphatic carbocycles. The van der Waals surface area contributed by atoms with Crippen molar-refractivity contribution in [1.82, 2.24) is 0 Å². The summed E-state index contributed by atoms with van der Waals surface area (Å²) in [6.45, 7) is 8.30. The SMILES string of the molecule is CCC(C(=O)Nc1c(C)cc(C)cc1C)C(c1ccccc1)c1ccccc1. The minimum absolute atomic E-state index is 0.0264. The Morgan fingerprint density at radius 2 is 1.29 bits per heavy atom. The molecule has 3 aromatic carbocycles. The van der Waals surface area contributed by atoms with Crippen molar-refractivity contribution in [2.75, 3.05) is 5.32 Å². The van der Waals surface area contributed by atoms with Crippen LogP contribution >= 0.6 is 0 Å². The second-order valence-electron chi connectivity index (χ2n) is 7.58. The molecular formula is C26H29NO. The fourth-order valence-corrected chi connectivity index (χ4v) is 4.14. The fraction of sp³-hybridized carbons (Fsp3) is 0.269. The van der Waals surface area contributed by atoms with Gasteiger partial charge in [-0.3, -0.25) is 4.79 Å². The highest BCUT2D eigenvalue weighted by atomic mass is 16.1. The Hall–Kier alpha value is -2.87. The molecule has 1 N–H and O–H groups in total. The van der Waals surface area contributed by atoms with Gasteiger partial charge in [0.05, 0.1) is 0 Å². The van der Waals surface area contributed by atoms with Crippen molar-refractivity contribution in [3.05, 3.63) is 101 Å². The van der Waals surface area contributed by atoms with Crippen molar-refractivity contribution in [1.29, 1.82) is 0 Å². The zero-order valence-electron chi connectivity index (χ0n) is 17.2. The second kappa shape index (κ2) is 8.88. The summed E-state index contributed by atoms with van der Waals surface area (Å²) < 4.78 is 0. The van der Waals surface area contributed by atoms with E-state index in [0.717, 1.165) is 23.2 Å². The van der Waals surface area contributed by atoms with Crippen LogP contribution in [0.5, 0.6) is 0 Å². The number of carbonyl (C=O) groups excluding carboxylic acids is 1. The van der Waals surface area contributed by atoms with Crippen LogP contribution in [0.1, 0.15) is 47.1 Å². The Morgan fingerprint density at radius 1 is 0.821 bits per heavy atom. The number of hydrogen-bond acceptors (Lipinski definition) is 1. The van der Waals surface area contributed by atoms with Crippen molar-refractivity contribution in [2.24, 2.45) is 5.92 Å². The van der Waals surface area contributed by atoms with Gasteiger partial charge in [0.1, 0.15) is 0 Å². The molecule has 0 saturated heterocycles. The molecule has 0 aliphatic heterocycles. The highest BCUT2D eigenvalue weighted by Crippen LogP contribution is 2.35. The number of aryl methyl sites for hydroxylation is 3. The number of benzene rings is 3. The van der Waals surface area contributed by atoms with Gasteiger partial charge in [-0.05, 0) is 49.4 Å². The summed E-state index contributed by atoms with van der Waals surface area (Å²) >= 11 is 0. The van der Waals surface area contributed by atoms with E-state index in [1.165, 1.54) is 16.7 Å². The van der Waals surface area contributed by atoms with Crippen molar-refractivity contribution in [3.8, 4) is 0 Å². The van der Waals surface area contributed by atoms with E-state index in [1.807, 2.05) is 36.4 Å². The molecule has 28 heavy (non-hydrogen) atoms. The number of hydrogen-bond donors (Lipinski definition) is 1. The van der Waals surface area contributed by atoms with E-state index in [2.05, 4.69) is 69.4 Å². The standard InChI is InChI=1S/C26H29NO/c1-5-23(26(28)27-25-19(3)16-18(2)17-20(25)4)24(21-12-8-6-9-13-21)22-14-10-7-11-15-22/h6-17,23-24H,5H2,1-4H3,(H,27,28). The molecule has 1 unspecified atom stereocenters. The molecule has 3 rings (SSSR count). The van der Waals surface area contributed by atoms with Gasteiger partial charge in [0, 0.05) is 17.5 Å². The van der Waals surface area contributed by atoms with Crippen molar-refractivity contribution in [2.45, 2.75) is 40.0 Å². The molecule has 0 aliphatic rings. The molecule has 1 amide bonds. The molecule has 0 spiro atoms. The number of rotatable bonds is 6. The van der Waals surface area contributed by atoms with E-state index in [-0.39, 0.29) is 17.7 Å². The summed E-state index contributed by atoms with van der Waals surface area (Å²) in [6.07, 6.45) is 0.768. The summed E-state index contributed by atoms with van der Waals surface area (Å²) in [5.74, 6) is -0.0429. The van der Waals surface area contributed by atoms with Crippen LogP contribution in [0.2, 0.25) is 0 Å². The van der Waals surface area contributed by atoms with E-state index in [4.69, 9.17) is 0 Å². The van der Waals surface area contributed by atoms with Crippen LogP contribution in [0.3, 0.4) is 0 Å². The van der Waals surface area contributed by atoms with Crippen LogP contribution in [0.25, 0.3) is 0 Å². The summed E-state index contributed by atoms with van der Waals surface area (Å²) in [4.78, 5) is 13.4. The van der Waals surface area contributed by atoms with E-state index < -0.39 is 0 Å². The predicted molar refractivity (Wildman–Crippen MR) is 118 cm³/mol. The highest BCUT2D eigenvalue weighted by Gasteiger charge is 2.30. The van der Waals surface area contributed by atoms with Crippen LogP contribution in [-0.2, 0) is 4.79 Å². The molecule has 0 radical (unpaired) electrons. The Morgan fingerprint density at radius 3 is 1.71 bits per heavy atom. The summed E-state index contributed by atoms with van der Waals surface area (Å²) in [7, 11) is 0. The van der Waals surface area contributed by atoms with Gasteiger partial charge in [-0.25, -0.2) is 0 Å². The Balaban J connectivity index is 1.98. The molecule has 2 nitrogen and oxygen atoms in total. The van der Waals surface area contributed by atoms with Gasteiger partial charge in [0.25, 0.3) is 0 Å². The maximum atomic E-state index is 13.4. The highest BCUT2D eigenvalue weighted by molar-refractivity contribution is 5.95. The van der Waals surface area contributed by atoms with Crippen molar-refractivity contribution >= 4 is 11.6 Å². The summed E-state index contributed by atoms with van der Waals surface area (Å²) in [6, 6.07) is 24.9. The number of amides is 1. The van der Waals surface area contributed by atoms with Crippen molar-refractivity contribution in [3.63, 3.8) is 0 Å². The van der Waals surface area contributed by atoms with Crippen LogP contribution in [0, 0.1) is 26.7 Å². The van der Waals surface area contributed by atoms with Crippen LogP contribution < -0.4 is 5.32 Å². The lowest BCUT2D eigenvalue weighted by Gasteiger charge is -2.27. The monoisotopic (exact) mass is 371 g/mol. The van der Waals surface area contributed by atoms with Crippen LogP contribution in [0.4, 0.5) is 5.69 Å². The predicted octanol–water partition coefficient (Wildman–Crippen LogP) is 6.41. The lowest BCUT2D eigenvalue weighted by Crippen LogP contribution is -2.29. The smallest absolute Gasteiger partial charge is 0.228 e. The lowest BCUT2D eigenvalue weighted by atomic mass is 9.79. The lowest BCUT2D eigenvalue weighted by molar-refractivity contribution is -0.120. The first-order valence-corrected chi connectivity index (χ1v) is 9.99. The number of nitrogens with one attached hydrogen (secondary N) is 1. The van der Waals surface area contributed by atoms with Gasteiger partial charge in [0.15, 0.2) is 0 Å². The molecule has 0 heterocycles. The van der Waals surface area contributed by atoms with E-state index >= 15 is 0 Å². The van der Waals surface area contributed by atoms with E-state index in [1.54, 1.807) is 0 Å². The van der Waals surface area contributed by atoms with Gasteiger partial charge < -0.3 is 5.32 Å². The molecule has 1 atom stereocenters. The first-order chi connectivity index (χ1) is 13.5. The zero-order chi connectivity index (χ0) is 20.1. The first-order valence-electron chi connectivity index (χ1n) is 9.99. The van der Waals surface area contributed by atoms with Gasteiger partial charge in [0.2, 0.25) is 5.91 Å². The maximum Gasteiger partial charge on any atom is 0.228 e. The molecule has 2 heteroatoms. The van der Waals surface area contributed by atoms with Crippen LogP contribution in [-0.4, -0.2) is 5.91 Å². The molecule has 0 aromatic heterocycles. The largest absolute Gasteiger partial charge is 0.325 e. The van der Waals surface area contributed by atoms with E-state index in [9.17, 15) is 4.79 Å². The van der Waals surface area contributed by atoms with Gasteiger partial charge in [-0.15, -0.1) is 0 Å². The average Bonchev–Trinajstić information content (AvgIpc) is 2.70. The zero-order valence-corrected chi connectivity index (χ0v) is 17.2. The first kappa shape index (κ1) is 19.9. The normalized spacial score (nSPS) is 12.0. The van der Waals surface area contributed by atoms with Crippen LogP contribution in [0.15, 0.2) is 72.8 Å². The molecule has 0 saturated carbocycles. The molecular weight excluding hydrogens is 342 g/mol. The third-order valence-corrected chi connectivity index (χ3v) is 5.42. The maximum absolute atomic E-state index is 13.4. The summed E-state index contributed by atoms with van der Waals surface area (Å²) in [5, 5.41) is 3.24. The molecule has 0 bridgehead atoms. The van der Waals surface area contributed by atoms with Gasteiger partial charge >= 0.3 is 0 Å². The number of anilines is 1. The Bertz CT molecular complexity index is 869. The second-order valence-corrected chi connectivity index (χ2v) is 7.58. The summed E-state index contributed by atoms with van der Waals surface area (Å²) in [5.41, 5.74) is 6.72. The van der Waals surface area contributed by atoms with Gasteiger partial charge in [-0.2, -0.15) is 0 Å². The third kappa shape index (κ3) is 4.33. The number of carbonyl (C=O) groups is 1. The molecule has 0 fully saturated rings. The topological polar surface area (TPSA) is 29.1 Å². The minimum atomic E-state index is -0.148. The quantitative estimate of drug-likeness (QED) is 0.533. The minimum Gasteiger partial charge on any atom is -0.325 e. The third-order valence-electron chi connectivity index (χ3n) is 5.42. The average molecular weight is 372 g/mol. The van der Waals surface area contributed by atoms with Crippen molar-refractivity contribution < 1.29 is 4.79 Å². The molecule has 144 valence electrons. The van der Waals surface area contributed by atoms with E-state index in [0.29, 0.717) is 0 Å². The molecule has 3 aromatic rings. The Kier molecular flexibility index (Phi) is 6.30.